The third-order valence-electron chi connectivity index (χ3n) is 3.55. The molecule has 0 aromatic rings. The number of nitrogens with two attached hydrogens (primary N) is 1. The molecule has 1 saturated carbocycles. The molecule has 1 fully saturated rings. The van der Waals surface area contributed by atoms with Gasteiger partial charge >= 0.3 is 0 Å². The third-order valence-corrected chi connectivity index (χ3v) is 3.55. The van der Waals surface area contributed by atoms with Gasteiger partial charge in [0.15, 0.2) is 0 Å². The lowest BCUT2D eigenvalue weighted by Crippen LogP contribution is -2.40. The number of hydrogen-bond donors (Lipinski definition) is 2. The quantitative estimate of drug-likeness (QED) is 0.728. The summed E-state index contributed by atoms with van der Waals surface area (Å²) in [5.41, 5.74) is 5.51. The second kappa shape index (κ2) is 6.11. The molecule has 3 unspecified atom stereocenters. The van der Waals surface area contributed by atoms with Crippen LogP contribution in [0.3, 0.4) is 0 Å². The van der Waals surface area contributed by atoms with Gasteiger partial charge in [-0.3, -0.25) is 4.79 Å². The van der Waals surface area contributed by atoms with E-state index in [0.717, 1.165) is 19.3 Å². The van der Waals surface area contributed by atoms with E-state index in [2.05, 4.69) is 19.2 Å². The second-order valence-electron chi connectivity index (χ2n) is 4.71. The van der Waals surface area contributed by atoms with Crippen LogP contribution >= 0.6 is 0 Å². The summed E-state index contributed by atoms with van der Waals surface area (Å²) < 4.78 is 0. The number of carbonyl (C=O) groups excluding carboxylic acids is 1. The highest BCUT2D eigenvalue weighted by molar-refractivity contribution is 5.79. The van der Waals surface area contributed by atoms with Gasteiger partial charge in [-0.25, -0.2) is 0 Å². The van der Waals surface area contributed by atoms with Gasteiger partial charge in [-0.15, -0.1) is 0 Å². The van der Waals surface area contributed by atoms with Crippen molar-refractivity contribution in [3.63, 3.8) is 0 Å². The molecule has 0 spiro atoms. The van der Waals surface area contributed by atoms with Crippen LogP contribution in [0, 0.1) is 11.8 Å². The summed E-state index contributed by atoms with van der Waals surface area (Å²) in [5, 5.41) is 3.12. The Kier molecular flexibility index (Phi) is 5.09. The summed E-state index contributed by atoms with van der Waals surface area (Å²) in [6.45, 7) is 4.93. The summed E-state index contributed by atoms with van der Waals surface area (Å²) in [7, 11) is 0. The molecule has 3 atom stereocenters. The summed E-state index contributed by atoms with van der Waals surface area (Å²) in [4.78, 5) is 11.9. The number of amides is 1. The summed E-state index contributed by atoms with van der Waals surface area (Å²) in [6, 6.07) is 0.273. The minimum atomic E-state index is 0.247. The highest BCUT2D eigenvalue weighted by Gasteiger charge is 2.30. The van der Waals surface area contributed by atoms with Crippen molar-refractivity contribution in [2.24, 2.45) is 17.6 Å². The van der Waals surface area contributed by atoms with Crippen molar-refractivity contribution >= 4 is 5.91 Å². The van der Waals surface area contributed by atoms with Crippen LogP contribution in [-0.4, -0.2) is 18.5 Å². The van der Waals surface area contributed by atoms with Gasteiger partial charge in [0.1, 0.15) is 0 Å². The van der Waals surface area contributed by atoms with Gasteiger partial charge in [-0.2, -0.15) is 0 Å². The molecule has 3 N–H and O–H groups in total. The van der Waals surface area contributed by atoms with E-state index in [1.165, 1.54) is 12.8 Å². The molecule has 3 nitrogen and oxygen atoms in total. The van der Waals surface area contributed by atoms with E-state index in [0.29, 0.717) is 12.5 Å². The lowest BCUT2D eigenvalue weighted by molar-refractivity contribution is -0.126. The Bertz CT molecular complexity index is 206. The van der Waals surface area contributed by atoms with Gasteiger partial charge in [0.25, 0.3) is 0 Å². The molecule has 88 valence electrons. The van der Waals surface area contributed by atoms with E-state index in [9.17, 15) is 4.79 Å². The van der Waals surface area contributed by atoms with E-state index in [-0.39, 0.29) is 17.9 Å². The van der Waals surface area contributed by atoms with Crippen LogP contribution in [0.2, 0.25) is 0 Å². The Morgan fingerprint density at radius 2 is 2.27 bits per heavy atom. The first-order valence-corrected chi connectivity index (χ1v) is 6.19. The average molecular weight is 212 g/mol. The Balaban J connectivity index is 2.39. The zero-order chi connectivity index (χ0) is 11.3. The zero-order valence-corrected chi connectivity index (χ0v) is 9.96. The van der Waals surface area contributed by atoms with Crippen molar-refractivity contribution in [2.45, 2.75) is 52.0 Å². The predicted octanol–water partition coefficient (Wildman–Crippen LogP) is 1.67. The van der Waals surface area contributed by atoms with Crippen LogP contribution in [0.4, 0.5) is 0 Å². The maximum Gasteiger partial charge on any atom is 0.223 e. The SMILES string of the molecule is CCC(CCN)NC(=O)C1CCCC1C. The maximum atomic E-state index is 11.9. The smallest absolute Gasteiger partial charge is 0.223 e. The fraction of sp³-hybridized carbons (Fsp3) is 0.917. The normalized spacial score (nSPS) is 27.7. The van der Waals surface area contributed by atoms with Crippen LogP contribution < -0.4 is 11.1 Å². The van der Waals surface area contributed by atoms with Gasteiger partial charge in [-0.05, 0) is 38.1 Å². The molecule has 0 bridgehead atoms. The molecule has 15 heavy (non-hydrogen) atoms. The van der Waals surface area contributed by atoms with E-state index in [1.807, 2.05) is 0 Å². The van der Waals surface area contributed by atoms with Crippen molar-refractivity contribution in [3.8, 4) is 0 Å². The predicted molar refractivity (Wildman–Crippen MR) is 62.4 cm³/mol. The number of rotatable bonds is 5. The Hall–Kier alpha value is -0.570. The van der Waals surface area contributed by atoms with Crippen molar-refractivity contribution in [1.82, 2.24) is 5.32 Å². The number of nitrogens with one attached hydrogen (secondary N) is 1. The molecule has 0 saturated heterocycles. The van der Waals surface area contributed by atoms with Crippen molar-refractivity contribution < 1.29 is 4.79 Å². The molecule has 0 aromatic heterocycles. The van der Waals surface area contributed by atoms with Crippen molar-refractivity contribution in [1.29, 1.82) is 0 Å². The standard InChI is InChI=1S/C12H24N2O/c1-3-10(7-8-13)14-12(15)11-6-4-5-9(11)2/h9-11H,3-8,13H2,1-2H3,(H,14,15). The average Bonchev–Trinajstić information content (AvgIpc) is 2.63. The monoisotopic (exact) mass is 212 g/mol. The highest BCUT2D eigenvalue weighted by Crippen LogP contribution is 2.31. The van der Waals surface area contributed by atoms with Gasteiger partial charge in [0.05, 0.1) is 0 Å². The summed E-state index contributed by atoms with van der Waals surface area (Å²) in [6.07, 6.45) is 5.33. The molecule has 0 radical (unpaired) electrons. The van der Waals surface area contributed by atoms with Gasteiger partial charge in [0.2, 0.25) is 5.91 Å². The lowest BCUT2D eigenvalue weighted by atomic mass is 9.96. The number of carbonyl (C=O) groups is 1. The van der Waals surface area contributed by atoms with Crippen LogP contribution in [0.1, 0.15) is 46.0 Å². The van der Waals surface area contributed by atoms with Crippen molar-refractivity contribution in [2.75, 3.05) is 6.54 Å². The fourth-order valence-corrected chi connectivity index (χ4v) is 2.42. The van der Waals surface area contributed by atoms with Gasteiger partial charge in [-0.1, -0.05) is 20.3 Å². The molecular weight excluding hydrogens is 188 g/mol. The van der Waals surface area contributed by atoms with E-state index >= 15 is 0 Å². The first-order chi connectivity index (χ1) is 7.19. The largest absolute Gasteiger partial charge is 0.353 e. The fourth-order valence-electron chi connectivity index (χ4n) is 2.42. The topological polar surface area (TPSA) is 55.1 Å². The summed E-state index contributed by atoms with van der Waals surface area (Å²) >= 11 is 0. The molecule has 1 aliphatic rings. The maximum absolute atomic E-state index is 11.9. The second-order valence-corrected chi connectivity index (χ2v) is 4.71. The first-order valence-electron chi connectivity index (χ1n) is 6.19. The molecule has 0 aliphatic heterocycles. The highest BCUT2D eigenvalue weighted by atomic mass is 16.1. The molecule has 3 heteroatoms. The van der Waals surface area contributed by atoms with Crippen molar-refractivity contribution in [3.05, 3.63) is 0 Å². The van der Waals surface area contributed by atoms with Crippen LogP contribution in [0.25, 0.3) is 0 Å². The van der Waals surface area contributed by atoms with E-state index in [4.69, 9.17) is 5.73 Å². The third kappa shape index (κ3) is 3.49. The van der Waals surface area contributed by atoms with Gasteiger partial charge in [0, 0.05) is 12.0 Å². The minimum Gasteiger partial charge on any atom is -0.353 e. The van der Waals surface area contributed by atoms with E-state index < -0.39 is 0 Å². The molecular formula is C12H24N2O. The van der Waals surface area contributed by atoms with Crippen LogP contribution in [0.5, 0.6) is 0 Å². The summed E-state index contributed by atoms with van der Waals surface area (Å²) in [5.74, 6) is 1.05. The van der Waals surface area contributed by atoms with Crippen LogP contribution in [-0.2, 0) is 4.79 Å². The Morgan fingerprint density at radius 1 is 1.53 bits per heavy atom. The lowest BCUT2D eigenvalue weighted by Gasteiger charge is -2.21. The van der Waals surface area contributed by atoms with Crippen LogP contribution in [0.15, 0.2) is 0 Å². The Morgan fingerprint density at radius 3 is 2.73 bits per heavy atom. The van der Waals surface area contributed by atoms with Gasteiger partial charge < -0.3 is 11.1 Å². The molecule has 1 aliphatic carbocycles. The Labute approximate surface area is 92.8 Å². The minimum absolute atomic E-state index is 0.247. The molecule has 1 amide bonds. The number of hydrogen-bond acceptors (Lipinski definition) is 2. The molecule has 1 rings (SSSR count). The first kappa shape index (κ1) is 12.5. The zero-order valence-electron chi connectivity index (χ0n) is 9.96. The molecule has 0 heterocycles. The molecule has 0 aromatic carbocycles. The van der Waals surface area contributed by atoms with E-state index in [1.54, 1.807) is 0 Å².